The van der Waals surface area contributed by atoms with Gasteiger partial charge >= 0.3 is 12.5 Å². The zero-order chi connectivity index (χ0) is 15.5. The number of rotatable bonds is 5. The summed E-state index contributed by atoms with van der Waals surface area (Å²) in [4.78, 5) is 10.6. The minimum Gasteiger partial charge on any atom is -0.428 e. The molecule has 0 spiro atoms. The number of carbonyl (C=O) groups is 1. The van der Waals surface area contributed by atoms with E-state index >= 15 is 0 Å². The van der Waals surface area contributed by atoms with Gasteiger partial charge in [0.15, 0.2) is 0 Å². The Balaban J connectivity index is 2.26. The highest BCUT2D eigenvalue weighted by Gasteiger charge is 2.43. The van der Waals surface area contributed by atoms with E-state index in [1.54, 1.807) is 30.3 Å². The van der Waals surface area contributed by atoms with E-state index in [1.807, 2.05) is 0 Å². The van der Waals surface area contributed by atoms with E-state index in [2.05, 4.69) is 4.74 Å². The molecule has 0 amide bonds. The number of benzene rings is 2. The Morgan fingerprint density at radius 3 is 2.24 bits per heavy atom. The van der Waals surface area contributed by atoms with Gasteiger partial charge in [0.2, 0.25) is 0 Å². The van der Waals surface area contributed by atoms with Gasteiger partial charge in [-0.25, -0.2) is 0 Å². The van der Waals surface area contributed by atoms with Gasteiger partial charge in [0.25, 0.3) is 0 Å². The van der Waals surface area contributed by atoms with E-state index in [1.165, 1.54) is 18.2 Å². The number of hydrogen-bond acceptors (Lipinski definition) is 2. The van der Waals surface area contributed by atoms with E-state index in [9.17, 15) is 22.4 Å². The summed E-state index contributed by atoms with van der Waals surface area (Å²) < 4.78 is 53.9. The van der Waals surface area contributed by atoms with Gasteiger partial charge in [-0.2, -0.15) is 17.6 Å². The van der Waals surface area contributed by atoms with Crippen LogP contribution in [0, 0.1) is 0 Å². The molecule has 0 fully saturated rings. The Morgan fingerprint density at radius 2 is 1.67 bits per heavy atom. The quantitative estimate of drug-likeness (QED) is 0.604. The highest BCUT2D eigenvalue weighted by molar-refractivity contribution is 5.77. The van der Waals surface area contributed by atoms with E-state index in [0.29, 0.717) is 23.0 Å². The molecule has 0 aliphatic carbocycles. The number of aldehydes is 1. The van der Waals surface area contributed by atoms with Crippen LogP contribution < -0.4 is 4.74 Å². The monoisotopic (exact) mass is 298 g/mol. The molecule has 6 heteroatoms. The second-order valence-corrected chi connectivity index (χ2v) is 4.23. The highest BCUT2D eigenvalue weighted by Crippen LogP contribution is 2.30. The van der Waals surface area contributed by atoms with Crippen LogP contribution in [0.3, 0.4) is 0 Å². The molecular formula is C15H10F4O2. The largest absolute Gasteiger partial charge is 0.461 e. The molecule has 0 aromatic heterocycles. The van der Waals surface area contributed by atoms with Crippen LogP contribution in [-0.4, -0.2) is 18.8 Å². The van der Waals surface area contributed by atoms with E-state index in [-0.39, 0.29) is 5.75 Å². The van der Waals surface area contributed by atoms with Crippen LogP contribution in [0.25, 0.3) is 11.1 Å². The van der Waals surface area contributed by atoms with E-state index in [0.717, 1.165) is 0 Å². The second kappa shape index (κ2) is 5.95. The lowest BCUT2D eigenvalue weighted by molar-refractivity contribution is -0.253. The zero-order valence-corrected chi connectivity index (χ0v) is 10.6. The standard InChI is InChI=1S/C15H10F4O2/c16-14(17)15(18,19)21-13-3-1-2-12(8-13)11-6-4-10(9-20)5-7-11/h1-9,14H. The molecule has 0 radical (unpaired) electrons. The van der Waals surface area contributed by atoms with Gasteiger partial charge in [-0.1, -0.05) is 36.4 Å². The fraction of sp³-hybridized carbons (Fsp3) is 0.133. The fourth-order valence-corrected chi connectivity index (χ4v) is 1.69. The molecule has 2 aromatic carbocycles. The molecule has 0 unspecified atom stereocenters. The van der Waals surface area contributed by atoms with Gasteiger partial charge in [0.1, 0.15) is 12.0 Å². The second-order valence-electron chi connectivity index (χ2n) is 4.23. The third-order valence-electron chi connectivity index (χ3n) is 2.72. The summed E-state index contributed by atoms with van der Waals surface area (Å²) in [5, 5.41) is 0. The van der Waals surface area contributed by atoms with Gasteiger partial charge in [-0.15, -0.1) is 0 Å². The van der Waals surface area contributed by atoms with Crippen molar-refractivity contribution < 1.29 is 27.1 Å². The Morgan fingerprint density at radius 1 is 1.00 bits per heavy atom. The van der Waals surface area contributed by atoms with Crippen molar-refractivity contribution in [3.05, 3.63) is 54.1 Å². The first-order valence-electron chi connectivity index (χ1n) is 5.93. The summed E-state index contributed by atoms with van der Waals surface area (Å²) in [6.45, 7) is 0. The Labute approximate surface area is 118 Å². The maximum atomic E-state index is 12.9. The molecule has 2 nitrogen and oxygen atoms in total. The lowest BCUT2D eigenvalue weighted by atomic mass is 10.0. The smallest absolute Gasteiger partial charge is 0.428 e. The summed E-state index contributed by atoms with van der Waals surface area (Å²) in [5.74, 6) is -0.364. The predicted octanol–water partition coefficient (Wildman–Crippen LogP) is 4.40. The lowest BCUT2D eigenvalue weighted by Crippen LogP contribution is -2.33. The average Bonchev–Trinajstić information content (AvgIpc) is 2.47. The SMILES string of the molecule is O=Cc1ccc(-c2cccc(OC(F)(F)C(F)F)c2)cc1. The third kappa shape index (κ3) is 3.59. The van der Waals surface area contributed by atoms with Crippen molar-refractivity contribution in [3.63, 3.8) is 0 Å². The first-order valence-corrected chi connectivity index (χ1v) is 5.93. The van der Waals surface area contributed by atoms with Crippen LogP contribution in [-0.2, 0) is 0 Å². The molecule has 0 aliphatic rings. The van der Waals surface area contributed by atoms with Crippen molar-refractivity contribution in [2.45, 2.75) is 12.5 Å². The first kappa shape index (κ1) is 15.0. The van der Waals surface area contributed by atoms with Crippen molar-refractivity contribution in [1.82, 2.24) is 0 Å². The average molecular weight is 298 g/mol. The molecule has 0 saturated heterocycles. The van der Waals surface area contributed by atoms with Crippen LogP contribution >= 0.6 is 0 Å². The molecule has 0 saturated carbocycles. The number of hydrogen-bond donors (Lipinski definition) is 0. The molecular weight excluding hydrogens is 288 g/mol. The summed E-state index contributed by atoms with van der Waals surface area (Å²) in [6.07, 6.45) is -7.78. The molecule has 110 valence electrons. The van der Waals surface area contributed by atoms with Gasteiger partial charge < -0.3 is 4.74 Å². The van der Waals surface area contributed by atoms with Crippen molar-refractivity contribution >= 4 is 6.29 Å². The highest BCUT2D eigenvalue weighted by atomic mass is 19.3. The topological polar surface area (TPSA) is 26.3 Å². The lowest BCUT2D eigenvalue weighted by Gasteiger charge is -2.17. The summed E-state index contributed by atoms with van der Waals surface area (Å²) >= 11 is 0. The van der Waals surface area contributed by atoms with Crippen LogP contribution in [0.4, 0.5) is 17.6 Å². The summed E-state index contributed by atoms with van der Waals surface area (Å²) in [7, 11) is 0. The molecule has 0 atom stereocenters. The Kier molecular flexibility index (Phi) is 4.26. The molecule has 0 heterocycles. The molecule has 2 rings (SSSR count). The first-order chi connectivity index (χ1) is 9.92. The zero-order valence-electron chi connectivity index (χ0n) is 10.6. The van der Waals surface area contributed by atoms with Gasteiger partial charge in [-0.3, -0.25) is 4.79 Å². The molecule has 0 N–H and O–H groups in total. The molecule has 0 bridgehead atoms. The Hall–Kier alpha value is -2.37. The maximum absolute atomic E-state index is 12.9. The predicted molar refractivity (Wildman–Crippen MR) is 68.8 cm³/mol. The molecule has 2 aromatic rings. The maximum Gasteiger partial charge on any atom is 0.461 e. The van der Waals surface area contributed by atoms with Gasteiger partial charge in [0.05, 0.1) is 0 Å². The number of alkyl halides is 4. The van der Waals surface area contributed by atoms with Crippen molar-refractivity contribution in [3.8, 4) is 16.9 Å². The van der Waals surface area contributed by atoms with E-state index in [4.69, 9.17) is 0 Å². The van der Waals surface area contributed by atoms with Crippen LogP contribution in [0.15, 0.2) is 48.5 Å². The summed E-state index contributed by atoms with van der Waals surface area (Å²) in [6, 6.07) is 11.8. The summed E-state index contributed by atoms with van der Waals surface area (Å²) in [5.41, 5.74) is 1.62. The van der Waals surface area contributed by atoms with Crippen LogP contribution in [0.1, 0.15) is 10.4 Å². The number of halogens is 4. The number of ether oxygens (including phenoxy) is 1. The number of carbonyl (C=O) groups excluding carboxylic acids is 1. The fourth-order valence-electron chi connectivity index (χ4n) is 1.69. The van der Waals surface area contributed by atoms with Crippen LogP contribution in [0.2, 0.25) is 0 Å². The van der Waals surface area contributed by atoms with E-state index < -0.39 is 12.5 Å². The minimum atomic E-state index is -4.54. The third-order valence-corrected chi connectivity index (χ3v) is 2.72. The van der Waals surface area contributed by atoms with Crippen molar-refractivity contribution in [2.75, 3.05) is 0 Å². The van der Waals surface area contributed by atoms with Crippen molar-refractivity contribution in [1.29, 1.82) is 0 Å². The molecule has 0 aliphatic heterocycles. The molecule has 21 heavy (non-hydrogen) atoms. The van der Waals surface area contributed by atoms with Gasteiger partial charge in [0, 0.05) is 5.56 Å². The van der Waals surface area contributed by atoms with Gasteiger partial charge in [-0.05, 0) is 23.3 Å². The minimum absolute atomic E-state index is 0.364. The van der Waals surface area contributed by atoms with Crippen LogP contribution in [0.5, 0.6) is 5.75 Å². The Bertz CT molecular complexity index is 624. The normalized spacial score (nSPS) is 11.5. The van der Waals surface area contributed by atoms with Crippen molar-refractivity contribution in [2.24, 2.45) is 0 Å².